The predicted octanol–water partition coefficient (Wildman–Crippen LogP) is 3.66. The number of para-hydroxylation sites is 1. The van der Waals surface area contributed by atoms with Crippen molar-refractivity contribution in [1.82, 2.24) is 14.6 Å². The quantitative estimate of drug-likeness (QED) is 0.499. The lowest BCUT2D eigenvalue weighted by Crippen LogP contribution is -2.16. The van der Waals surface area contributed by atoms with Crippen LogP contribution < -0.4 is 25.4 Å². The summed E-state index contributed by atoms with van der Waals surface area (Å²) >= 11 is 0. The highest BCUT2D eigenvalue weighted by atomic mass is 19.3. The van der Waals surface area contributed by atoms with E-state index in [1.54, 1.807) is 17.6 Å². The van der Waals surface area contributed by atoms with E-state index in [-0.39, 0.29) is 25.2 Å². The number of hydrogen-bond donors (Lipinski definition) is 3. The molecule has 0 fully saturated rings. The van der Waals surface area contributed by atoms with Gasteiger partial charge in [-0.3, -0.25) is 4.79 Å². The third-order valence-electron chi connectivity index (χ3n) is 4.66. The second-order valence-corrected chi connectivity index (χ2v) is 6.86. The van der Waals surface area contributed by atoms with E-state index in [2.05, 4.69) is 26.0 Å². The van der Waals surface area contributed by atoms with Crippen LogP contribution in [-0.2, 0) is 4.79 Å². The Morgan fingerprint density at radius 3 is 2.90 bits per heavy atom. The maximum atomic E-state index is 12.3. The van der Waals surface area contributed by atoms with Crippen molar-refractivity contribution < 1.29 is 23.0 Å². The van der Waals surface area contributed by atoms with E-state index in [0.717, 1.165) is 0 Å². The Kier molecular flexibility index (Phi) is 6.01. The number of aromatic nitrogens is 3. The molecular weight excluding hydrogens is 410 g/mol. The number of halogens is 2. The van der Waals surface area contributed by atoms with Crippen LogP contribution in [0.2, 0.25) is 0 Å². The summed E-state index contributed by atoms with van der Waals surface area (Å²) in [5.41, 5.74) is 1.48. The summed E-state index contributed by atoms with van der Waals surface area (Å²) in [6, 6.07) is 7.28. The molecule has 0 saturated heterocycles. The third-order valence-corrected chi connectivity index (χ3v) is 4.66. The van der Waals surface area contributed by atoms with Gasteiger partial charge in [-0.05, 0) is 18.6 Å². The molecule has 3 aromatic rings. The lowest BCUT2D eigenvalue weighted by atomic mass is 10.2. The molecule has 3 N–H and O–H groups in total. The summed E-state index contributed by atoms with van der Waals surface area (Å²) in [6.45, 7) is 0.936. The molecule has 1 aliphatic rings. The lowest BCUT2D eigenvalue weighted by molar-refractivity contribution is -0.116. The molecule has 0 radical (unpaired) electrons. The zero-order chi connectivity index (χ0) is 21.8. The van der Waals surface area contributed by atoms with Gasteiger partial charge < -0.3 is 25.4 Å². The summed E-state index contributed by atoms with van der Waals surface area (Å²) in [5, 5.41) is 13.2. The fourth-order valence-corrected chi connectivity index (χ4v) is 3.23. The van der Waals surface area contributed by atoms with E-state index in [4.69, 9.17) is 9.47 Å². The van der Waals surface area contributed by atoms with Gasteiger partial charge in [-0.15, -0.1) is 0 Å². The van der Waals surface area contributed by atoms with Crippen LogP contribution in [-0.4, -0.2) is 47.2 Å². The van der Waals surface area contributed by atoms with Gasteiger partial charge in [-0.2, -0.15) is 9.61 Å². The standard InChI is InChI=1S/C20H22F2N6O3/c1-23-17-10-16(25-12-4-2-5-14-19(12)31-9-8-30-14)27-20-13(11-24-28(17)20)26-18(29)7-3-6-15(21)22/h2,4-5,10-11,15,23H,3,6-9H2,1H3,(H,25,27)(H,26,29). The summed E-state index contributed by atoms with van der Waals surface area (Å²) in [7, 11) is 1.74. The number of amides is 1. The van der Waals surface area contributed by atoms with Crippen LogP contribution in [0.5, 0.6) is 11.5 Å². The molecule has 0 aliphatic carbocycles. The van der Waals surface area contributed by atoms with Gasteiger partial charge in [0.25, 0.3) is 0 Å². The largest absolute Gasteiger partial charge is 0.486 e. The first kappa shape index (κ1) is 20.6. The van der Waals surface area contributed by atoms with Crippen molar-refractivity contribution in [3.8, 4) is 11.5 Å². The average molecular weight is 432 g/mol. The summed E-state index contributed by atoms with van der Waals surface area (Å²) in [4.78, 5) is 16.7. The molecule has 11 heteroatoms. The molecule has 4 rings (SSSR count). The normalized spacial score (nSPS) is 12.8. The summed E-state index contributed by atoms with van der Waals surface area (Å²) < 4.78 is 37.5. The monoisotopic (exact) mass is 432 g/mol. The average Bonchev–Trinajstić information content (AvgIpc) is 3.16. The minimum Gasteiger partial charge on any atom is -0.486 e. The SMILES string of the molecule is CNc1cc(Nc2cccc3c2OCCO3)nc2c(NC(=O)CCCC(F)F)cnn12. The second kappa shape index (κ2) is 9.02. The van der Waals surface area contributed by atoms with Gasteiger partial charge in [0.05, 0.1) is 11.9 Å². The first-order valence-corrected chi connectivity index (χ1v) is 9.85. The van der Waals surface area contributed by atoms with E-state index in [1.807, 2.05) is 18.2 Å². The van der Waals surface area contributed by atoms with Crippen LogP contribution in [0.4, 0.5) is 31.8 Å². The third kappa shape index (κ3) is 4.60. The fraction of sp³-hybridized carbons (Fsp3) is 0.350. The van der Waals surface area contributed by atoms with Crippen molar-refractivity contribution in [2.45, 2.75) is 25.7 Å². The van der Waals surface area contributed by atoms with Crippen LogP contribution in [0.25, 0.3) is 5.65 Å². The number of alkyl halides is 2. The molecule has 0 atom stereocenters. The Morgan fingerprint density at radius 2 is 2.10 bits per heavy atom. The second-order valence-electron chi connectivity index (χ2n) is 6.86. The molecule has 164 valence electrons. The number of fused-ring (bicyclic) bond motifs is 2. The molecule has 0 bridgehead atoms. The van der Waals surface area contributed by atoms with E-state index in [0.29, 0.717) is 53.4 Å². The number of carbonyl (C=O) groups excluding carboxylic acids is 1. The van der Waals surface area contributed by atoms with Gasteiger partial charge in [-0.1, -0.05) is 6.07 Å². The Morgan fingerprint density at radius 1 is 1.26 bits per heavy atom. The topological polar surface area (TPSA) is 102 Å². The molecule has 1 amide bonds. The van der Waals surface area contributed by atoms with Crippen LogP contribution >= 0.6 is 0 Å². The van der Waals surface area contributed by atoms with Gasteiger partial charge in [0.1, 0.15) is 30.5 Å². The maximum Gasteiger partial charge on any atom is 0.238 e. The molecule has 0 spiro atoms. The fourth-order valence-electron chi connectivity index (χ4n) is 3.23. The highest BCUT2D eigenvalue weighted by Crippen LogP contribution is 2.38. The number of nitrogens with one attached hydrogen (secondary N) is 3. The Hall–Kier alpha value is -3.63. The molecule has 0 saturated carbocycles. The minimum atomic E-state index is -2.42. The van der Waals surface area contributed by atoms with Gasteiger partial charge >= 0.3 is 0 Å². The van der Waals surface area contributed by atoms with E-state index >= 15 is 0 Å². The maximum absolute atomic E-state index is 12.3. The molecule has 2 aromatic heterocycles. The predicted molar refractivity (Wildman–Crippen MR) is 112 cm³/mol. The highest BCUT2D eigenvalue weighted by Gasteiger charge is 2.18. The lowest BCUT2D eigenvalue weighted by Gasteiger charge is -2.21. The highest BCUT2D eigenvalue weighted by molar-refractivity contribution is 5.94. The number of benzene rings is 1. The molecule has 31 heavy (non-hydrogen) atoms. The molecular formula is C20H22F2N6O3. The number of carbonyl (C=O) groups is 1. The number of hydrogen-bond acceptors (Lipinski definition) is 7. The van der Waals surface area contributed by atoms with Crippen LogP contribution in [0.1, 0.15) is 19.3 Å². The number of nitrogens with zero attached hydrogens (tertiary/aromatic N) is 3. The Labute approximate surface area is 176 Å². The first-order chi connectivity index (χ1) is 15.0. The van der Waals surface area contributed by atoms with Gasteiger partial charge in [0.2, 0.25) is 12.3 Å². The molecule has 0 unspecified atom stereocenters. The van der Waals surface area contributed by atoms with Crippen molar-refractivity contribution in [3.63, 3.8) is 0 Å². The zero-order valence-corrected chi connectivity index (χ0v) is 16.8. The van der Waals surface area contributed by atoms with Crippen molar-refractivity contribution >= 4 is 34.6 Å². The van der Waals surface area contributed by atoms with Crippen LogP contribution in [0.3, 0.4) is 0 Å². The van der Waals surface area contributed by atoms with Gasteiger partial charge in [0, 0.05) is 26.0 Å². The number of rotatable bonds is 8. The Bertz CT molecular complexity index is 1090. The van der Waals surface area contributed by atoms with E-state index in [9.17, 15) is 13.6 Å². The minimum absolute atomic E-state index is 0.00794. The van der Waals surface area contributed by atoms with Crippen LogP contribution in [0, 0.1) is 0 Å². The molecule has 9 nitrogen and oxygen atoms in total. The Balaban J connectivity index is 1.59. The molecule has 1 aromatic carbocycles. The van der Waals surface area contributed by atoms with Crippen molar-refractivity contribution in [3.05, 3.63) is 30.5 Å². The van der Waals surface area contributed by atoms with Crippen molar-refractivity contribution in [2.24, 2.45) is 0 Å². The molecule has 3 heterocycles. The van der Waals surface area contributed by atoms with Crippen molar-refractivity contribution in [2.75, 3.05) is 36.2 Å². The van der Waals surface area contributed by atoms with Gasteiger partial charge in [0.15, 0.2) is 17.1 Å². The van der Waals surface area contributed by atoms with Gasteiger partial charge in [-0.25, -0.2) is 13.8 Å². The van der Waals surface area contributed by atoms with E-state index in [1.165, 1.54) is 6.20 Å². The summed E-state index contributed by atoms with van der Waals surface area (Å²) in [5.74, 6) is 2.00. The van der Waals surface area contributed by atoms with Crippen molar-refractivity contribution in [1.29, 1.82) is 0 Å². The molecule has 1 aliphatic heterocycles. The number of anilines is 4. The van der Waals surface area contributed by atoms with Crippen LogP contribution in [0.15, 0.2) is 30.5 Å². The number of ether oxygens (including phenoxy) is 2. The van der Waals surface area contributed by atoms with E-state index < -0.39 is 6.43 Å². The smallest absolute Gasteiger partial charge is 0.238 e. The zero-order valence-electron chi connectivity index (χ0n) is 16.8. The first-order valence-electron chi connectivity index (χ1n) is 9.85. The summed E-state index contributed by atoms with van der Waals surface area (Å²) in [6.07, 6.45) is -1.17.